The van der Waals surface area contributed by atoms with Crippen LogP contribution in [0.5, 0.6) is 0 Å². The minimum absolute atomic E-state index is 0.134. The average Bonchev–Trinajstić information content (AvgIpc) is 2.38. The van der Waals surface area contributed by atoms with Crippen LogP contribution in [-0.4, -0.2) is 18.9 Å². The van der Waals surface area contributed by atoms with E-state index < -0.39 is 15.6 Å². The van der Waals surface area contributed by atoms with Gasteiger partial charge in [-0.25, -0.2) is 24.0 Å². The molecule has 1 aromatic heterocycles. The maximum atomic E-state index is 12.2. The van der Waals surface area contributed by atoms with Crippen molar-refractivity contribution in [3.05, 3.63) is 18.3 Å². The van der Waals surface area contributed by atoms with Crippen LogP contribution in [-0.2, 0) is 10.0 Å². The Balaban J connectivity index is 2.99. The normalized spacial score (nSPS) is 12.4. The molecule has 6 nitrogen and oxygen atoms in total. The van der Waals surface area contributed by atoms with E-state index in [0.717, 1.165) is 12.8 Å². The van der Waals surface area contributed by atoms with E-state index in [4.69, 9.17) is 5.84 Å². The summed E-state index contributed by atoms with van der Waals surface area (Å²) in [5.41, 5.74) is 1.91. The largest absolute Gasteiger partial charge is 0.308 e. The molecule has 0 aliphatic carbocycles. The quantitative estimate of drug-likeness (QED) is 0.534. The first kappa shape index (κ1) is 14.9. The molecule has 0 aliphatic heterocycles. The summed E-state index contributed by atoms with van der Waals surface area (Å²) < 4.78 is 27.0. The van der Waals surface area contributed by atoms with Gasteiger partial charge in [-0.3, -0.25) is 0 Å². The predicted molar refractivity (Wildman–Crippen MR) is 71.4 cm³/mol. The Morgan fingerprint density at radius 1 is 1.33 bits per heavy atom. The lowest BCUT2D eigenvalue weighted by Crippen LogP contribution is -2.44. The molecule has 0 saturated carbocycles. The Hall–Kier alpha value is -1.18. The number of nitrogens with two attached hydrogens (primary N) is 1. The third kappa shape index (κ3) is 3.41. The van der Waals surface area contributed by atoms with Gasteiger partial charge in [-0.2, -0.15) is 0 Å². The molecule has 0 saturated heterocycles. The van der Waals surface area contributed by atoms with E-state index in [-0.39, 0.29) is 4.90 Å². The van der Waals surface area contributed by atoms with Crippen molar-refractivity contribution in [3.63, 3.8) is 0 Å². The third-order valence-electron chi connectivity index (χ3n) is 3.14. The highest BCUT2D eigenvalue weighted by Crippen LogP contribution is 2.19. The highest BCUT2D eigenvalue weighted by molar-refractivity contribution is 7.89. The maximum Gasteiger partial charge on any atom is 0.242 e. The number of nitrogens with zero attached hydrogens (tertiary/aromatic N) is 1. The summed E-state index contributed by atoms with van der Waals surface area (Å²) in [6, 6.07) is 2.99. The van der Waals surface area contributed by atoms with E-state index in [9.17, 15) is 8.42 Å². The molecule has 0 bridgehead atoms. The standard InChI is InChI=1S/C11H20N4O2S/c1-4-11(3,5-2)15-18(16,17)9-6-7-10(14-12)13-8-9/h6-8,15H,4-5,12H2,1-3H3,(H,13,14). The number of hydrogen-bond donors (Lipinski definition) is 3. The van der Waals surface area contributed by atoms with Gasteiger partial charge in [-0.15, -0.1) is 0 Å². The van der Waals surface area contributed by atoms with Gasteiger partial charge in [0.15, 0.2) is 0 Å². The Kier molecular flexibility index (Phi) is 4.66. The van der Waals surface area contributed by atoms with E-state index in [1.54, 1.807) is 0 Å². The average molecular weight is 272 g/mol. The van der Waals surface area contributed by atoms with Gasteiger partial charge in [-0.05, 0) is 31.9 Å². The molecule has 0 radical (unpaired) electrons. The zero-order valence-corrected chi connectivity index (χ0v) is 11.7. The van der Waals surface area contributed by atoms with Gasteiger partial charge in [0.05, 0.1) is 0 Å². The number of anilines is 1. The van der Waals surface area contributed by atoms with Gasteiger partial charge in [0.25, 0.3) is 0 Å². The molecule has 0 aliphatic rings. The van der Waals surface area contributed by atoms with Crippen molar-refractivity contribution in [2.24, 2.45) is 5.84 Å². The van der Waals surface area contributed by atoms with Crippen LogP contribution >= 0.6 is 0 Å². The molecule has 1 rings (SSSR count). The molecule has 0 fully saturated rings. The monoisotopic (exact) mass is 272 g/mol. The third-order valence-corrected chi connectivity index (χ3v) is 4.76. The van der Waals surface area contributed by atoms with Gasteiger partial charge >= 0.3 is 0 Å². The molecule has 0 aromatic carbocycles. The number of hydrazine groups is 1. The Bertz CT molecular complexity index is 480. The van der Waals surface area contributed by atoms with Crippen LogP contribution in [0.25, 0.3) is 0 Å². The van der Waals surface area contributed by atoms with Crippen molar-refractivity contribution in [2.45, 2.75) is 44.0 Å². The molecule has 0 amide bonds. The predicted octanol–water partition coefficient (Wildman–Crippen LogP) is 1.22. The number of nitrogen functional groups attached to an aromatic ring is 1. The van der Waals surface area contributed by atoms with Gasteiger partial charge in [0.1, 0.15) is 10.7 Å². The Morgan fingerprint density at radius 2 is 1.94 bits per heavy atom. The second-order valence-electron chi connectivity index (χ2n) is 4.40. The van der Waals surface area contributed by atoms with Crippen molar-refractivity contribution in [2.75, 3.05) is 5.43 Å². The fourth-order valence-electron chi connectivity index (χ4n) is 1.40. The van der Waals surface area contributed by atoms with Crippen LogP contribution in [0.4, 0.5) is 5.82 Å². The fraction of sp³-hybridized carbons (Fsp3) is 0.545. The molecule has 18 heavy (non-hydrogen) atoms. The smallest absolute Gasteiger partial charge is 0.242 e. The summed E-state index contributed by atoms with van der Waals surface area (Å²) in [7, 11) is -3.55. The Labute approximate surface area is 108 Å². The van der Waals surface area contributed by atoms with Crippen LogP contribution in [0.15, 0.2) is 23.2 Å². The van der Waals surface area contributed by atoms with Gasteiger partial charge in [0.2, 0.25) is 10.0 Å². The number of nitrogens with one attached hydrogen (secondary N) is 2. The maximum absolute atomic E-state index is 12.2. The molecule has 7 heteroatoms. The lowest BCUT2D eigenvalue weighted by atomic mass is 9.98. The summed E-state index contributed by atoms with van der Waals surface area (Å²) >= 11 is 0. The zero-order chi connectivity index (χ0) is 13.8. The minimum atomic E-state index is -3.55. The molecule has 1 heterocycles. The number of aromatic nitrogens is 1. The highest BCUT2D eigenvalue weighted by Gasteiger charge is 2.27. The van der Waals surface area contributed by atoms with Gasteiger partial charge < -0.3 is 5.43 Å². The summed E-state index contributed by atoms with van der Waals surface area (Å²) in [6.45, 7) is 5.78. The van der Waals surface area contributed by atoms with E-state index in [1.165, 1.54) is 18.3 Å². The van der Waals surface area contributed by atoms with Crippen molar-refractivity contribution >= 4 is 15.8 Å². The van der Waals surface area contributed by atoms with Crippen LogP contribution in [0.1, 0.15) is 33.6 Å². The van der Waals surface area contributed by atoms with Crippen molar-refractivity contribution in [1.29, 1.82) is 0 Å². The van der Waals surface area contributed by atoms with E-state index in [1.807, 2.05) is 20.8 Å². The first-order chi connectivity index (χ1) is 8.37. The van der Waals surface area contributed by atoms with Crippen LogP contribution in [0.2, 0.25) is 0 Å². The van der Waals surface area contributed by atoms with E-state index in [0.29, 0.717) is 5.82 Å². The lowest BCUT2D eigenvalue weighted by Gasteiger charge is -2.27. The molecule has 0 unspecified atom stereocenters. The second kappa shape index (κ2) is 5.64. The molecular weight excluding hydrogens is 252 g/mol. The summed E-state index contributed by atoms with van der Waals surface area (Å²) in [5, 5.41) is 0. The number of rotatable bonds is 6. The van der Waals surface area contributed by atoms with Crippen molar-refractivity contribution in [3.8, 4) is 0 Å². The van der Waals surface area contributed by atoms with Crippen LogP contribution < -0.4 is 16.0 Å². The number of hydrogen-bond acceptors (Lipinski definition) is 5. The molecule has 102 valence electrons. The summed E-state index contributed by atoms with van der Waals surface area (Å²) in [6.07, 6.45) is 2.72. The second-order valence-corrected chi connectivity index (χ2v) is 6.08. The van der Waals surface area contributed by atoms with E-state index >= 15 is 0 Å². The van der Waals surface area contributed by atoms with Gasteiger partial charge in [0, 0.05) is 11.7 Å². The van der Waals surface area contributed by atoms with E-state index in [2.05, 4.69) is 15.1 Å². The number of pyridine rings is 1. The molecular formula is C11H20N4O2S. The Morgan fingerprint density at radius 3 is 2.33 bits per heavy atom. The molecule has 1 aromatic rings. The minimum Gasteiger partial charge on any atom is -0.308 e. The topological polar surface area (TPSA) is 97.1 Å². The zero-order valence-electron chi connectivity index (χ0n) is 10.9. The van der Waals surface area contributed by atoms with Crippen molar-refractivity contribution in [1.82, 2.24) is 9.71 Å². The molecule has 0 spiro atoms. The number of sulfonamides is 1. The first-order valence-corrected chi connectivity index (χ1v) is 7.32. The lowest BCUT2D eigenvalue weighted by molar-refractivity contribution is 0.388. The molecule has 4 N–H and O–H groups in total. The summed E-state index contributed by atoms with van der Waals surface area (Å²) in [4.78, 5) is 4.02. The van der Waals surface area contributed by atoms with Crippen LogP contribution in [0.3, 0.4) is 0 Å². The highest BCUT2D eigenvalue weighted by atomic mass is 32.2. The summed E-state index contributed by atoms with van der Waals surface area (Å²) in [5.74, 6) is 5.60. The fourth-order valence-corrected chi connectivity index (χ4v) is 2.90. The SMILES string of the molecule is CCC(C)(CC)NS(=O)(=O)c1ccc(NN)nc1. The van der Waals surface area contributed by atoms with Crippen LogP contribution in [0, 0.1) is 0 Å². The van der Waals surface area contributed by atoms with Gasteiger partial charge in [-0.1, -0.05) is 13.8 Å². The first-order valence-electron chi connectivity index (χ1n) is 5.83. The molecule has 0 atom stereocenters. The van der Waals surface area contributed by atoms with Crippen molar-refractivity contribution < 1.29 is 8.42 Å².